The van der Waals surface area contributed by atoms with E-state index >= 15 is 0 Å². The normalized spacial score (nSPS) is 13.4. The van der Waals surface area contributed by atoms with Gasteiger partial charge in [0.15, 0.2) is 0 Å². The standard InChI is InChI=1S/C15H19Cl2N3O/c1-9(14(21)19-15(2,3)4)20-12(8-16)18-11-7-5-6-10(17)13(11)20/h5-7,9H,8H2,1-4H3,(H,19,21). The smallest absolute Gasteiger partial charge is 0.243 e. The van der Waals surface area contributed by atoms with E-state index in [1.807, 2.05) is 44.4 Å². The van der Waals surface area contributed by atoms with E-state index in [9.17, 15) is 4.79 Å². The number of benzene rings is 1. The number of nitrogens with zero attached hydrogens (tertiary/aromatic N) is 2. The van der Waals surface area contributed by atoms with E-state index in [1.165, 1.54) is 0 Å². The minimum absolute atomic E-state index is 0.0897. The van der Waals surface area contributed by atoms with Gasteiger partial charge in [-0.05, 0) is 39.8 Å². The number of fused-ring (bicyclic) bond motifs is 1. The molecule has 0 aliphatic carbocycles. The summed E-state index contributed by atoms with van der Waals surface area (Å²) >= 11 is 12.3. The summed E-state index contributed by atoms with van der Waals surface area (Å²) in [6, 6.07) is 5.04. The molecule has 0 spiro atoms. The van der Waals surface area contributed by atoms with E-state index in [0.717, 1.165) is 11.0 Å². The number of alkyl halides is 1. The number of carbonyl (C=O) groups excluding carboxylic acids is 1. The lowest BCUT2D eigenvalue weighted by Crippen LogP contribution is -2.44. The quantitative estimate of drug-likeness (QED) is 0.869. The largest absolute Gasteiger partial charge is 0.350 e. The highest BCUT2D eigenvalue weighted by Gasteiger charge is 2.25. The summed E-state index contributed by atoms with van der Waals surface area (Å²) in [5.41, 5.74) is 1.19. The van der Waals surface area contributed by atoms with Gasteiger partial charge in [-0.3, -0.25) is 4.79 Å². The molecule has 0 aliphatic rings. The van der Waals surface area contributed by atoms with Gasteiger partial charge >= 0.3 is 0 Å². The number of nitrogens with one attached hydrogen (secondary N) is 1. The number of rotatable bonds is 3. The second kappa shape index (κ2) is 5.85. The molecule has 0 saturated heterocycles. The summed E-state index contributed by atoms with van der Waals surface area (Å²) in [6.07, 6.45) is 0. The maximum atomic E-state index is 12.4. The van der Waals surface area contributed by atoms with Crippen molar-refractivity contribution in [2.75, 3.05) is 0 Å². The third-order valence-corrected chi connectivity index (χ3v) is 3.66. The van der Waals surface area contributed by atoms with Crippen molar-refractivity contribution >= 4 is 40.1 Å². The van der Waals surface area contributed by atoms with Crippen LogP contribution in [0.3, 0.4) is 0 Å². The molecule has 2 rings (SSSR count). The van der Waals surface area contributed by atoms with Gasteiger partial charge in [-0.2, -0.15) is 0 Å². The Hall–Kier alpha value is -1.26. The molecule has 0 saturated carbocycles. The van der Waals surface area contributed by atoms with Crippen LogP contribution >= 0.6 is 23.2 Å². The monoisotopic (exact) mass is 327 g/mol. The molecule has 1 amide bonds. The van der Waals surface area contributed by atoms with Gasteiger partial charge in [-0.1, -0.05) is 17.7 Å². The summed E-state index contributed by atoms with van der Waals surface area (Å²) in [5.74, 6) is 0.766. The van der Waals surface area contributed by atoms with E-state index in [4.69, 9.17) is 23.2 Å². The van der Waals surface area contributed by atoms with Crippen LogP contribution in [0.15, 0.2) is 18.2 Å². The highest BCUT2D eigenvalue weighted by molar-refractivity contribution is 6.35. The molecule has 0 fully saturated rings. The fraction of sp³-hybridized carbons (Fsp3) is 0.467. The van der Waals surface area contributed by atoms with Crippen LogP contribution in [-0.2, 0) is 10.7 Å². The topological polar surface area (TPSA) is 46.9 Å². The van der Waals surface area contributed by atoms with Gasteiger partial charge in [0.2, 0.25) is 5.91 Å². The second-order valence-corrected chi connectivity index (χ2v) is 6.73. The van der Waals surface area contributed by atoms with E-state index in [2.05, 4.69) is 10.3 Å². The summed E-state index contributed by atoms with van der Waals surface area (Å²) in [4.78, 5) is 16.9. The van der Waals surface area contributed by atoms with Crippen molar-refractivity contribution < 1.29 is 4.79 Å². The molecular weight excluding hydrogens is 309 g/mol. The van der Waals surface area contributed by atoms with Crippen molar-refractivity contribution in [2.45, 2.75) is 45.2 Å². The first kappa shape index (κ1) is 16.1. The number of hydrogen-bond donors (Lipinski definition) is 1. The Morgan fingerprint density at radius 3 is 2.67 bits per heavy atom. The van der Waals surface area contributed by atoms with E-state index in [0.29, 0.717) is 10.8 Å². The molecule has 1 aromatic heterocycles. The number of carbonyl (C=O) groups is 1. The van der Waals surface area contributed by atoms with Crippen molar-refractivity contribution in [1.29, 1.82) is 0 Å². The Labute approximate surface area is 134 Å². The van der Waals surface area contributed by atoms with Gasteiger partial charge in [0.05, 0.1) is 21.9 Å². The number of halogens is 2. The van der Waals surface area contributed by atoms with Crippen LogP contribution in [-0.4, -0.2) is 21.0 Å². The summed E-state index contributed by atoms with van der Waals surface area (Å²) in [6.45, 7) is 7.65. The molecule has 0 aliphatic heterocycles. The third kappa shape index (κ3) is 3.33. The second-order valence-electron chi connectivity index (χ2n) is 6.05. The SMILES string of the molecule is CC(C(=O)NC(C)(C)C)n1c(CCl)nc2cccc(Cl)c21. The Kier molecular flexibility index (Phi) is 4.49. The lowest BCUT2D eigenvalue weighted by molar-refractivity contribution is -0.125. The van der Waals surface area contributed by atoms with Crippen LogP contribution in [0.5, 0.6) is 0 Å². The zero-order valence-corrected chi connectivity index (χ0v) is 14.1. The first-order valence-electron chi connectivity index (χ1n) is 6.78. The van der Waals surface area contributed by atoms with Crippen molar-refractivity contribution in [2.24, 2.45) is 0 Å². The lowest BCUT2D eigenvalue weighted by atomic mass is 10.1. The fourth-order valence-corrected chi connectivity index (χ4v) is 2.71. The van der Waals surface area contributed by atoms with Gasteiger partial charge in [0, 0.05) is 5.54 Å². The number of aromatic nitrogens is 2. The van der Waals surface area contributed by atoms with Crippen LogP contribution < -0.4 is 5.32 Å². The molecule has 1 N–H and O–H groups in total. The highest BCUT2D eigenvalue weighted by Crippen LogP contribution is 2.28. The zero-order chi connectivity index (χ0) is 15.8. The Balaban J connectivity index is 2.52. The number of hydrogen-bond acceptors (Lipinski definition) is 2. The van der Waals surface area contributed by atoms with E-state index < -0.39 is 6.04 Å². The molecular formula is C15H19Cl2N3O. The van der Waals surface area contributed by atoms with E-state index in [-0.39, 0.29) is 17.3 Å². The molecule has 1 unspecified atom stereocenters. The maximum Gasteiger partial charge on any atom is 0.243 e. The molecule has 2 aromatic rings. The van der Waals surface area contributed by atoms with Gasteiger partial charge in [0.25, 0.3) is 0 Å². The van der Waals surface area contributed by atoms with Crippen LogP contribution in [0.2, 0.25) is 5.02 Å². The van der Waals surface area contributed by atoms with Gasteiger partial charge < -0.3 is 9.88 Å². The third-order valence-electron chi connectivity index (χ3n) is 3.12. The van der Waals surface area contributed by atoms with Crippen molar-refractivity contribution in [3.05, 3.63) is 29.0 Å². The molecule has 114 valence electrons. The van der Waals surface area contributed by atoms with Gasteiger partial charge in [-0.15, -0.1) is 11.6 Å². The average Bonchev–Trinajstić information content (AvgIpc) is 2.75. The zero-order valence-electron chi connectivity index (χ0n) is 12.6. The van der Waals surface area contributed by atoms with Crippen molar-refractivity contribution in [3.8, 4) is 0 Å². The fourth-order valence-electron chi connectivity index (χ4n) is 2.26. The molecule has 6 heteroatoms. The Bertz CT molecular complexity index is 673. The molecule has 4 nitrogen and oxygen atoms in total. The van der Waals surface area contributed by atoms with Crippen LogP contribution in [0.4, 0.5) is 0 Å². The first-order valence-corrected chi connectivity index (χ1v) is 7.69. The number of amides is 1. The number of imidazole rings is 1. The molecule has 1 atom stereocenters. The Morgan fingerprint density at radius 2 is 2.10 bits per heavy atom. The van der Waals surface area contributed by atoms with Crippen LogP contribution in [0, 0.1) is 0 Å². The maximum absolute atomic E-state index is 12.4. The predicted molar refractivity (Wildman–Crippen MR) is 86.9 cm³/mol. The average molecular weight is 328 g/mol. The van der Waals surface area contributed by atoms with Gasteiger partial charge in [0.1, 0.15) is 11.9 Å². The Morgan fingerprint density at radius 1 is 1.43 bits per heavy atom. The summed E-state index contributed by atoms with van der Waals surface area (Å²) in [5, 5.41) is 3.53. The van der Waals surface area contributed by atoms with Crippen LogP contribution in [0.25, 0.3) is 11.0 Å². The van der Waals surface area contributed by atoms with Crippen molar-refractivity contribution in [1.82, 2.24) is 14.9 Å². The predicted octanol–water partition coefficient (Wildman–Crippen LogP) is 3.90. The molecule has 0 bridgehead atoms. The lowest BCUT2D eigenvalue weighted by Gasteiger charge is -2.25. The minimum Gasteiger partial charge on any atom is -0.350 e. The van der Waals surface area contributed by atoms with Crippen molar-refractivity contribution in [3.63, 3.8) is 0 Å². The molecule has 21 heavy (non-hydrogen) atoms. The van der Waals surface area contributed by atoms with Crippen LogP contribution in [0.1, 0.15) is 39.6 Å². The minimum atomic E-state index is -0.442. The summed E-state index contributed by atoms with van der Waals surface area (Å²) in [7, 11) is 0. The molecule has 0 radical (unpaired) electrons. The number of para-hydroxylation sites is 1. The molecule has 1 aromatic carbocycles. The highest BCUT2D eigenvalue weighted by atomic mass is 35.5. The van der Waals surface area contributed by atoms with E-state index in [1.54, 1.807) is 6.07 Å². The summed E-state index contributed by atoms with van der Waals surface area (Å²) < 4.78 is 1.81. The first-order chi connectivity index (χ1) is 9.74. The molecule has 1 heterocycles. The van der Waals surface area contributed by atoms with Gasteiger partial charge in [-0.25, -0.2) is 4.98 Å².